The van der Waals surface area contributed by atoms with Crippen molar-refractivity contribution in [3.63, 3.8) is 0 Å². The molecule has 0 amide bonds. The summed E-state index contributed by atoms with van der Waals surface area (Å²) in [4.78, 5) is 2.51. The number of piperidine rings is 1. The molecule has 1 heterocycles. The Morgan fingerprint density at radius 3 is 2.73 bits per heavy atom. The molecule has 0 aliphatic carbocycles. The van der Waals surface area contributed by atoms with Crippen LogP contribution in [0.3, 0.4) is 0 Å². The van der Waals surface area contributed by atoms with Crippen LogP contribution in [-0.2, 0) is 0 Å². The maximum absolute atomic E-state index is 9.96. The van der Waals surface area contributed by atoms with Gasteiger partial charge in [-0.25, -0.2) is 0 Å². The Balaban J connectivity index is 2.48. The molecule has 3 nitrogen and oxygen atoms in total. The van der Waals surface area contributed by atoms with Gasteiger partial charge in [-0.05, 0) is 46.6 Å². The van der Waals surface area contributed by atoms with E-state index < -0.39 is 5.60 Å². The average Bonchev–Trinajstić information content (AvgIpc) is 2.17. The second-order valence-corrected chi connectivity index (χ2v) is 5.34. The molecular formula is C12H26N2O. The molecule has 1 rings (SSSR count). The lowest BCUT2D eigenvalue weighted by Crippen LogP contribution is -2.48. The number of hydrogen-bond acceptors (Lipinski definition) is 3. The van der Waals surface area contributed by atoms with Gasteiger partial charge >= 0.3 is 0 Å². The molecule has 3 heteroatoms. The van der Waals surface area contributed by atoms with Gasteiger partial charge in [-0.1, -0.05) is 6.42 Å². The quantitative estimate of drug-likeness (QED) is 0.742. The molecule has 0 aromatic carbocycles. The zero-order chi connectivity index (χ0) is 11.5. The van der Waals surface area contributed by atoms with Crippen LogP contribution in [0.4, 0.5) is 0 Å². The second kappa shape index (κ2) is 5.28. The van der Waals surface area contributed by atoms with E-state index in [0.29, 0.717) is 18.6 Å². The molecule has 1 saturated heterocycles. The van der Waals surface area contributed by atoms with Gasteiger partial charge in [0.25, 0.3) is 0 Å². The number of rotatable bonds is 4. The predicted molar refractivity (Wildman–Crippen MR) is 63.8 cm³/mol. The monoisotopic (exact) mass is 214 g/mol. The van der Waals surface area contributed by atoms with E-state index >= 15 is 0 Å². The van der Waals surface area contributed by atoms with Crippen molar-refractivity contribution in [3.8, 4) is 0 Å². The van der Waals surface area contributed by atoms with Crippen LogP contribution in [-0.4, -0.2) is 40.8 Å². The molecule has 3 unspecified atom stereocenters. The van der Waals surface area contributed by atoms with Crippen LogP contribution in [0.15, 0.2) is 0 Å². The van der Waals surface area contributed by atoms with Crippen LogP contribution < -0.4 is 5.73 Å². The Labute approximate surface area is 93.6 Å². The number of likely N-dealkylation sites (tertiary alicyclic amines) is 1. The van der Waals surface area contributed by atoms with Crippen molar-refractivity contribution in [1.82, 2.24) is 4.90 Å². The fraction of sp³-hybridized carbons (Fsp3) is 1.00. The molecule has 1 aliphatic rings. The van der Waals surface area contributed by atoms with Crippen LogP contribution in [0.2, 0.25) is 0 Å². The van der Waals surface area contributed by atoms with Crippen molar-refractivity contribution in [2.24, 2.45) is 5.73 Å². The fourth-order valence-electron chi connectivity index (χ4n) is 2.61. The summed E-state index contributed by atoms with van der Waals surface area (Å²) < 4.78 is 0. The maximum Gasteiger partial charge on any atom is 0.0756 e. The van der Waals surface area contributed by atoms with E-state index in [1.165, 1.54) is 25.8 Å². The van der Waals surface area contributed by atoms with Gasteiger partial charge in [0, 0.05) is 18.6 Å². The van der Waals surface area contributed by atoms with Crippen LogP contribution in [0.25, 0.3) is 0 Å². The summed E-state index contributed by atoms with van der Waals surface area (Å²) in [5, 5.41) is 9.96. The highest BCUT2D eigenvalue weighted by molar-refractivity contribution is 4.84. The van der Waals surface area contributed by atoms with Crippen molar-refractivity contribution in [1.29, 1.82) is 0 Å². The number of nitrogens with zero attached hydrogens (tertiary/aromatic N) is 1. The summed E-state index contributed by atoms with van der Waals surface area (Å²) in [6.07, 6.45) is 4.69. The molecular weight excluding hydrogens is 188 g/mol. The third-order valence-corrected chi connectivity index (χ3v) is 3.60. The lowest BCUT2D eigenvalue weighted by Gasteiger charge is -2.40. The molecule has 0 radical (unpaired) electrons. The fourth-order valence-corrected chi connectivity index (χ4v) is 2.61. The van der Waals surface area contributed by atoms with E-state index in [1.54, 1.807) is 0 Å². The Hall–Kier alpha value is -0.120. The maximum atomic E-state index is 9.96. The minimum Gasteiger partial charge on any atom is -0.389 e. The highest BCUT2D eigenvalue weighted by Crippen LogP contribution is 2.23. The first kappa shape index (κ1) is 12.9. The van der Waals surface area contributed by atoms with Gasteiger partial charge in [-0.3, -0.25) is 4.90 Å². The molecule has 15 heavy (non-hydrogen) atoms. The van der Waals surface area contributed by atoms with Gasteiger partial charge in [-0.2, -0.15) is 0 Å². The smallest absolute Gasteiger partial charge is 0.0756 e. The molecule has 90 valence electrons. The zero-order valence-corrected chi connectivity index (χ0v) is 10.4. The van der Waals surface area contributed by atoms with Crippen molar-refractivity contribution in [2.45, 2.75) is 64.1 Å². The Bertz CT molecular complexity index is 194. The summed E-state index contributed by atoms with van der Waals surface area (Å²) in [6, 6.07) is 1.08. The summed E-state index contributed by atoms with van der Waals surface area (Å²) in [5.41, 5.74) is 4.84. The van der Waals surface area contributed by atoms with E-state index in [-0.39, 0.29) is 0 Å². The highest BCUT2D eigenvalue weighted by atomic mass is 16.3. The van der Waals surface area contributed by atoms with Crippen molar-refractivity contribution < 1.29 is 5.11 Å². The number of nitrogens with two attached hydrogens (primary N) is 1. The van der Waals surface area contributed by atoms with Crippen LogP contribution >= 0.6 is 0 Å². The minimum atomic E-state index is -0.712. The van der Waals surface area contributed by atoms with Crippen LogP contribution in [0.1, 0.15) is 46.5 Å². The first-order valence-corrected chi connectivity index (χ1v) is 6.14. The molecule has 3 N–H and O–H groups in total. The van der Waals surface area contributed by atoms with Gasteiger partial charge in [-0.15, -0.1) is 0 Å². The minimum absolute atomic E-state index is 0.347. The standard InChI is InChI=1S/C12H26N2O/c1-10-6-4-5-7-14(10)11(2)8-12(3,15)9-13/h10-11,15H,4-9,13H2,1-3H3. The first-order valence-electron chi connectivity index (χ1n) is 6.14. The van der Waals surface area contributed by atoms with Crippen molar-refractivity contribution >= 4 is 0 Å². The molecule has 1 aliphatic heterocycles. The molecule has 0 aromatic heterocycles. The van der Waals surface area contributed by atoms with E-state index in [1.807, 2.05) is 6.92 Å². The van der Waals surface area contributed by atoms with E-state index in [2.05, 4.69) is 18.7 Å². The molecule has 1 fully saturated rings. The Morgan fingerprint density at radius 1 is 1.53 bits per heavy atom. The SMILES string of the molecule is CC1CCCCN1C(C)CC(C)(O)CN. The molecule has 0 spiro atoms. The van der Waals surface area contributed by atoms with Crippen LogP contribution in [0.5, 0.6) is 0 Å². The highest BCUT2D eigenvalue weighted by Gasteiger charge is 2.28. The first-order chi connectivity index (χ1) is 6.96. The lowest BCUT2D eigenvalue weighted by molar-refractivity contribution is 0.0128. The predicted octanol–water partition coefficient (Wildman–Crippen LogP) is 1.35. The molecule has 3 atom stereocenters. The van der Waals surface area contributed by atoms with Gasteiger partial charge in [0.15, 0.2) is 0 Å². The van der Waals surface area contributed by atoms with E-state index in [0.717, 1.165) is 6.42 Å². The number of hydrogen-bond donors (Lipinski definition) is 2. The second-order valence-electron chi connectivity index (χ2n) is 5.34. The summed E-state index contributed by atoms with van der Waals surface area (Å²) >= 11 is 0. The molecule has 0 aromatic rings. The van der Waals surface area contributed by atoms with E-state index in [9.17, 15) is 5.11 Å². The third-order valence-electron chi connectivity index (χ3n) is 3.60. The normalized spacial score (nSPS) is 29.8. The lowest BCUT2D eigenvalue weighted by atomic mass is 9.93. The topological polar surface area (TPSA) is 49.5 Å². The van der Waals surface area contributed by atoms with Gasteiger partial charge < -0.3 is 10.8 Å². The summed E-state index contributed by atoms with van der Waals surface area (Å²) in [5.74, 6) is 0. The third kappa shape index (κ3) is 3.74. The van der Waals surface area contributed by atoms with Crippen LogP contribution in [0, 0.1) is 0 Å². The summed E-state index contributed by atoms with van der Waals surface area (Å²) in [7, 11) is 0. The summed E-state index contributed by atoms with van der Waals surface area (Å²) in [6.45, 7) is 7.83. The van der Waals surface area contributed by atoms with Crippen molar-refractivity contribution in [3.05, 3.63) is 0 Å². The van der Waals surface area contributed by atoms with Gasteiger partial charge in [0.1, 0.15) is 0 Å². The van der Waals surface area contributed by atoms with Gasteiger partial charge in [0.05, 0.1) is 5.60 Å². The molecule has 0 bridgehead atoms. The Morgan fingerprint density at radius 2 is 2.20 bits per heavy atom. The largest absolute Gasteiger partial charge is 0.389 e. The van der Waals surface area contributed by atoms with Gasteiger partial charge in [0.2, 0.25) is 0 Å². The average molecular weight is 214 g/mol. The Kier molecular flexibility index (Phi) is 4.56. The zero-order valence-electron chi connectivity index (χ0n) is 10.4. The molecule has 0 saturated carbocycles. The van der Waals surface area contributed by atoms with E-state index in [4.69, 9.17) is 5.73 Å². The number of aliphatic hydroxyl groups is 1. The van der Waals surface area contributed by atoms with Crippen molar-refractivity contribution in [2.75, 3.05) is 13.1 Å².